The number of rotatable bonds is 4. The van der Waals surface area contributed by atoms with Crippen LogP contribution in [-0.2, 0) is 9.59 Å². The fourth-order valence-corrected chi connectivity index (χ4v) is 2.46. The number of halogens is 2. The maximum Gasteiger partial charge on any atom is 0.277 e. The van der Waals surface area contributed by atoms with Crippen LogP contribution in [0.5, 0.6) is 0 Å². The van der Waals surface area contributed by atoms with Gasteiger partial charge < -0.3 is 10.4 Å². The van der Waals surface area contributed by atoms with Crippen molar-refractivity contribution >= 4 is 45.0 Å². The molecule has 7 heteroatoms. The van der Waals surface area contributed by atoms with Crippen molar-refractivity contribution in [2.75, 3.05) is 18.5 Å². The third-order valence-corrected chi connectivity index (χ3v) is 4.07. The van der Waals surface area contributed by atoms with Gasteiger partial charge in [-0.1, -0.05) is 11.6 Å². The van der Waals surface area contributed by atoms with Gasteiger partial charge in [-0.2, -0.15) is 0 Å². The van der Waals surface area contributed by atoms with Crippen LogP contribution in [0.1, 0.15) is 5.56 Å². The minimum Gasteiger partial charge on any atom is -0.395 e. The van der Waals surface area contributed by atoms with Gasteiger partial charge in [0.05, 0.1) is 18.2 Å². The number of amides is 2. The van der Waals surface area contributed by atoms with Crippen molar-refractivity contribution in [2.24, 2.45) is 0 Å². The number of imide groups is 1. The molecule has 0 saturated carbocycles. The highest BCUT2D eigenvalue weighted by molar-refractivity contribution is 9.10. The van der Waals surface area contributed by atoms with E-state index in [0.717, 1.165) is 14.9 Å². The van der Waals surface area contributed by atoms with Crippen molar-refractivity contribution < 1.29 is 14.7 Å². The number of aliphatic hydroxyl groups excluding tert-OH is 1. The number of aryl methyl sites for hydroxylation is 1. The lowest BCUT2D eigenvalue weighted by Crippen LogP contribution is -2.34. The first-order chi connectivity index (χ1) is 9.43. The Morgan fingerprint density at radius 3 is 2.75 bits per heavy atom. The number of aliphatic hydroxyl groups is 1. The second-order valence-electron chi connectivity index (χ2n) is 4.28. The molecular weight excluding hydrogens is 348 g/mol. The molecule has 1 aromatic carbocycles. The maximum atomic E-state index is 12.0. The number of carbonyl (C=O) groups excluding carboxylic acids is 2. The van der Waals surface area contributed by atoms with Gasteiger partial charge in [-0.05, 0) is 40.5 Å². The summed E-state index contributed by atoms with van der Waals surface area (Å²) in [6.07, 6.45) is 1.22. The monoisotopic (exact) mass is 358 g/mol. The van der Waals surface area contributed by atoms with Crippen LogP contribution in [-0.4, -0.2) is 35.0 Å². The van der Waals surface area contributed by atoms with E-state index in [4.69, 9.17) is 16.7 Å². The Balaban J connectivity index is 2.23. The van der Waals surface area contributed by atoms with Crippen molar-refractivity contribution in [1.82, 2.24) is 4.90 Å². The van der Waals surface area contributed by atoms with Gasteiger partial charge in [-0.15, -0.1) is 0 Å². The molecule has 0 fully saturated rings. The first-order valence-electron chi connectivity index (χ1n) is 5.85. The van der Waals surface area contributed by atoms with Crippen LogP contribution in [0.15, 0.2) is 28.4 Å². The third kappa shape index (κ3) is 2.87. The number of hydrogen-bond acceptors (Lipinski definition) is 4. The Bertz CT molecular complexity index is 616. The van der Waals surface area contributed by atoms with Crippen molar-refractivity contribution in [2.45, 2.75) is 6.92 Å². The van der Waals surface area contributed by atoms with Crippen molar-refractivity contribution in [3.8, 4) is 0 Å². The van der Waals surface area contributed by atoms with E-state index in [1.807, 2.05) is 13.0 Å². The number of hydrogen-bond donors (Lipinski definition) is 2. The summed E-state index contributed by atoms with van der Waals surface area (Å²) in [5.41, 5.74) is 1.70. The standard InChI is InChI=1S/C13H12BrClN2O3/c1-7-4-8(14)9(15)5-10(7)16-11-6-12(19)17(2-3-18)13(11)20/h4-6,16,18H,2-3H2,1H3. The van der Waals surface area contributed by atoms with Gasteiger partial charge in [0.25, 0.3) is 11.8 Å². The van der Waals surface area contributed by atoms with Crippen LogP contribution in [0.25, 0.3) is 0 Å². The summed E-state index contributed by atoms with van der Waals surface area (Å²) in [6, 6.07) is 3.49. The molecule has 2 N–H and O–H groups in total. The molecule has 20 heavy (non-hydrogen) atoms. The van der Waals surface area contributed by atoms with Gasteiger partial charge in [0.15, 0.2) is 0 Å². The minimum absolute atomic E-state index is 0.0145. The van der Waals surface area contributed by atoms with Gasteiger partial charge in [0.1, 0.15) is 5.70 Å². The molecular formula is C13H12BrClN2O3. The van der Waals surface area contributed by atoms with Gasteiger partial charge in [-0.25, -0.2) is 0 Å². The highest BCUT2D eigenvalue weighted by Gasteiger charge is 2.30. The largest absolute Gasteiger partial charge is 0.395 e. The van der Waals surface area contributed by atoms with Crippen LogP contribution in [0.4, 0.5) is 5.69 Å². The zero-order valence-electron chi connectivity index (χ0n) is 10.6. The number of β-amino-alcohol motifs (C(OH)–C–C–N with tert-alkyl or cyclic N) is 1. The maximum absolute atomic E-state index is 12.0. The zero-order valence-corrected chi connectivity index (χ0v) is 13.0. The molecule has 1 aliphatic rings. The van der Waals surface area contributed by atoms with Crippen LogP contribution in [0, 0.1) is 6.92 Å². The summed E-state index contributed by atoms with van der Waals surface area (Å²) in [7, 11) is 0. The Labute approximate surface area is 129 Å². The van der Waals surface area contributed by atoms with E-state index >= 15 is 0 Å². The lowest BCUT2D eigenvalue weighted by molar-refractivity contribution is -0.137. The van der Waals surface area contributed by atoms with E-state index < -0.39 is 11.8 Å². The van der Waals surface area contributed by atoms with Crippen LogP contribution < -0.4 is 5.32 Å². The van der Waals surface area contributed by atoms with Gasteiger partial charge in [0.2, 0.25) is 0 Å². The molecule has 5 nitrogen and oxygen atoms in total. The van der Waals surface area contributed by atoms with E-state index in [-0.39, 0.29) is 18.8 Å². The molecule has 1 aliphatic heterocycles. The number of nitrogens with zero attached hydrogens (tertiary/aromatic N) is 1. The smallest absolute Gasteiger partial charge is 0.277 e. The molecule has 0 aromatic heterocycles. The minimum atomic E-state index is -0.456. The Kier molecular flexibility index (Phi) is 4.47. The predicted octanol–water partition coefficient (Wildman–Crippen LogP) is 2.07. The lowest BCUT2D eigenvalue weighted by Gasteiger charge is -2.14. The first kappa shape index (κ1) is 15.0. The van der Waals surface area contributed by atoms with E-state index in [1.54, 1.807) is 6.07 Å². The molecule has 0 bridgehead atoms. The molecule has 0 radical (unpaired) electrons. The molecule has 2 rings (SSSR count). The molecule has 0 atom stereocenters. The fourth-order valence-electron chi connectivity index (χ4n) is 1.84. The molecule has 1 aromatic rings. The summed E-state index contributed by atoms with van der Waals surface area (Å²) in [6.45, 7) is 1.58. The number of anilines is 1. The highest BCUT2D eigenvalue weighted by Crippen LogP contribution is 2.30. The summed E-state index contributed by atoms with van der Waals surface area (Å²) in [5, 5.41) is 12.2. The first-order valence-corrected chi connectivity index (χ1v) is 7.02. The molecule has 1 heterocycles. The predicted molar refractivity (Wildman–Crippen MR) is 79.4 cm³/mol. The summed E-state index contributed by atoms with van der Waals surface area (Å²) in [4.78, 5) is 24.6. The number of benzene rings is 1. The average Bonchev–Trinajstić information content (AvgIpc) is 2.64. The quantitative estimate of drug-likeness (QED) is 0.808. The lowest BCUT2D eigenvalue weighted by atomic mass is 10.2. The number of carbonyl (C=O) groups is 2. The molecule has 0 unspecified atom stereocenters. The van der Waals surface area contributed by atoms with E-state index in [0.29, 0.717) is 10.7 Å². The summed E-state index contributed by atoms with van der Waals surface area (Å²) >= 11 is 9.33. The molecule has 0 saturated heterocycles. The number of nitrogens with one attached hydrogen (secondary N) is 1. The Morgan fingerprint density at radius 2 is 2.10 bits per heavy atom. The highest BCUT2D eigenvalue weighted by atomic mass is 79.9. The van der Waals surface area contributed by atoms with Crippen LogP contribution in [0.2, 0.25) is 5.02 Å². The van der Waals surface area contributed by atoms with E-state index in [2.05, 4.69) is 21.2 Å². The molecule has 106 valence electrons. The van der Waals surface area contributed by atoms with Gasteiger partial charge in [-0.3, -0.25) is 14.5 Å². The van der Waals surface area contributed by atoms with Crippen molar-refractivity contribution in [3.63, 3.8) is 0 Å². The van der Waals surface area contributed by atoms with Crippen molar-refractivity contribution in [3.05, 3.63) is 39.0 Å². The van der Waals surface area contributed by atoms with Crippen LogP contribution >= 0.6 is 27.5 Å². The normalized spacial score (nSPS) is 14.8. The van der Waals surface area contributed by atoms with Gasteiger partial charge in [0, 0.05) is 16.2 Å². The fraction of sp³-hybridized carbons (Fsp3) is 0.231. The van der Waals surface area contributed by atoms with E-state index in [9.17, 15) is 9.59 Å². The molecule has 2 amide bonds. The van der Waals surface area contributed by atoms with Crippen LogP contribution in [0.3, 0.4) is 0 Å². The Morgan fingerprint density at radius 1 is 1.40 bits per heavy atom. The third-order valence-electron chi connectivity index (χ3n) is 2.87. The topological polar surface area (TPSA) is 69.6 Å². The molecule has 0 aliphatic carbocycles. The average molecular weight is 360 g/mol. The molecule has 0 spiro atoms. The van der Waals surface area contributed by atoms with Gasteiger partial charge >= 0.3 is 0 Å². The summed E-state index contributed by atoms with van der Waals surface area (Å²) < 4.78 is 0.756. The van der Waals surface area contributed by atoms with Crippen molar-refractivity contribution in [1.29, 1.82) is 0 Å². The summed E-state index contributed by atoms with van der Waals surface area (Å²) in [5.74, 6) is -0.894. The second-order valence-corrected chi connectivity index (χ2v) is 5.54. The SMILES string of the molecule is Cc1cc(Br)c(Cl)cc1NC1=CC(=O)N(CCO)C1=O. The second kappa shape index (κ2) is 5.95. The Hall–Kier alpha value is -1.37. The van der Waals surface area contributed by atoms with E-state index in [1.165, 1.54) is 6.08 Å². The zero-order chi connectivity index (χ0) is 14.9.